The largest absolute Gasteiger partial charge is 0.476 e. The van der Waals surface area contributed by atoms with Gasteiger partial charge in [-0.1, -0.05) is 17.7 Å². The molecule has 5 heteroatoms. The second kappa shape index (κ2) is 4.29. The van der Waals surface area contributed by atoms with E-state index in [1.165, 1.54) is 0 Å². The van der Waals surface area contributed by atoms with Gasteiger partial charge in [0.05, 0.1) is 0 Å². The summed E-state index contributed by atoms with van der Waals surface area (Å²) >= 11 is 0. The maximum atomic E-state index is 10.6. The van der Waals surface area contributed by atoms with Crippen molar-refractivity contribution in [1.82, 2.24) is 4.98 Å². The van der Waals surface area contributed by atoms with Crippen molar-refractivity contribution < 1.29 is 14.3 Å². The van der Waals surface area contributed by atoms with Crippen LogP contribution in [0, 0.1) is 13.8 Å². The number of aromatic carboxylic acids is 1. The van der Waals surface area contributed by atoms with Crippen molar-refractivity contribution in [3.05, 3.63) is 41.3 Å². The summed E-state index contributed by atoms with van der Waals surface area (Å²) in [6.45, 7) is 3.96. The molecule has 0 bridgehead atoms. The highest BCUT2D eigenvalue weighted by molar-refractivity contribution is 5.85. The Labute approximate surface area is 98.1 Å². The molecule has 1 aromatic heterocycles. The summed E-state index contributed by atoms with van der Waals surface area (Å²) in [6, 6.07) is 6.05. The second-order valence-corrected chi connectivity index (χ2v) is 3.79. The number of aromatic nitrogens is 1. The van der Waals surface area contributed by atoms with E-state index < -0.39 is 5.97 Å². The van der Waals surface area contributed by atoms with Gasteiger partial charge in [0.1, 0.15) is 6.26 Å². The first-order valence-corrected chi connectivity index (χ1v) is 5.09. The summed E-state index contributed by atoms with van der Waals surface area (Å²) < 4.78 is 5.01. The third-order valence-corrected chi connectivity index (χ3v) is 2.35. The van der Waals surface area contributed by atoms with Crippen LogP contribution in [0.5, 0.6) is 0 Å². The SMILES string of the molecule is Cc1ccc(Nc2nc(C(=O)O)co2)c(C)c1. The minimum atomic E-state index is -1.11. The molecule has 2 aromatic rings. The number of nitrogens with one attached hydrogen (secondary N) is 1. The highest BCUT2D eigenvalue weighted by Crippen LogP contribution is 2.20. The number of benzene rings is 1. The molecule has 0 unspecified atom stereocenters. The lowest BCUT2D eigenvalue weighted by atomic mass is 10.1. The Kier molecular flexibility index (Phi) is 2.82. The molecule has 0 aliphatic heterocycles. The third-order valence-electron chi connectivity index (χ3n) is 2.35. The van der Waals surface area contributed by atoms with Gasteiger partial charge in [0.15, 0.2) is 5.69 Å². The van der Waals surface area contributed by atoms with Crippen LogP contribution in [0.25, 0.3) is 0 Å². The van der Waals surface area contributed by atoms with Crippen LogP contribution < -0.4 is 5.32 Å². The van der Waals surface area contributed by atoms with E-state index in [2.05, 4.69) is 10.3 Å². The number of carboxylic acids is 1. The quantitative estimate of drug-likeness (QED) is 0.850. The number of carboxylic acid groups (broad SMARTS) is 1. The van der Waals surface area contributed by atoms with Gasteiger partial charge in [0.2, 0.25) is 0 Å². The average molecular weight is 232 g/mol. The number of hydrogen-bond donors (Lipinski definition) is 2. The van der Waals surface area contributed by atoms with Crippen molar-refractivity contribution >= 4 is 17.7 Å². The number of oxazole rings is 1. The van der Waals surface area contributed by atoms with E-state index in [-0.39, 0.29) is 11.7 Å². The van der Waals surface area contributed by atoms with Crippen LogP contribution in [-0.2, 0) is 0 Å². The molecule has 0 saturated carbocycles. The monoisotopic (exact) mass is 232 g/mol. The van der Waals surface area contributed by atoms with E-state index in [1.807, 2.05) is 32.0 Å². The van der Waals surface area contributed by atoms with Gasteiger partial charge in [-0.05, 0) is 25.5 Å². The topological polar surface area (TPSA) is 75.4 Å². The Morgan fingerprint density at radius 1 is 1.41 bits per heavy atom. The molecule has 0 radical (unpaired) electrons. The zero-order valence-corrected chi connectivity index (χ0v) is 9.52. The maximum Gasteiger partial charge on any atom is 0.357 e. The lowest BCUT2D eigenvalue weighted by molar-refractivity contribution is 0.0690. The van der Waals surface area contributed by atoms with E-state index in [0.29, 0.717) is 0 Å². The molecule has 5 nitrogen and oxygen atoms in total. The average Bonchev–Trinajstić information content (AvgIpc) is 2.71. The van der Waals surface area contributed by atoms with Crippen molar-refractivity contribution in [3.63, 3.8) is 0 Å². The van der Waals surface area contributed by atoms with Crippen molar-refractivity contribution in [3.8, 4) is 0 Å². The van der Waals surface area contributed by atoms with Crippen LogP contribution in [0.1, 0.15) is 21.6 Å². The Morgan fingerprint density at radius 2 is 2.18 bits per heavy atom. The van der Waals surface area contributed by atoms with Crippen LogP contribution >= 0.6 is 0 Å². The molecule has 0 amide bonds. The van der Waals surface area contributed by atoms with Crippen molar-refractivity contribution in [2.75, 3.05) is 5.32 Å². The zero-order chi connectivity index (χ0) is 12.4. The summed E-state index contributed by atoms with van der Waals surface area (Å²) in [5, 5.41) is 11.6. The minimum absolute atomic E-state index is 0.114. The predicted octanol–water partition coefficient (Wildman–Crippen LogP) is 2.73. The number of aryl methyl sites for hydroxylation is 2. The first kappa shape index (κ1) is 11.2. The lowest BCUT2D eigenvalue weighted by Gasteiger charge is -2.06. The Morgan fingerprint density at radius 3 is 2.76 bits per heavy atom. The van der Waals surface area contributed by atoms with E-state index in [0.717, 1.165) is 23.1 Å². The summed E-state index contributed by atoms with van der Waals surface area (Å²) in [5.41, 5.74) is 2.93. The molecular weight excluding hydrogens is 220 g/mol. The highest BCUT2D eigenvalue weighted by atomic mass is 16.4. The zero-order valence-electron chi connectivity index (χ0n) is 9.52. The first-order valence-electron chi connectivity index (χ1n) is 5.09. The summed E-state index contributed by atoms with van der Waals surface area (Å²) in [6.07, 6.45) is 1.11. The van der Waals surface area contributed by atoms with Crippen molar-refractivity contribution in [2.24, 2.45) is 0 Å². The number of hydrogen-bond acceptors (Lipinski definition) is 4. The van der Waals surface area contributed by atoms with Gasteiger partial charge in [-0.15, -0.1) is 0 Å². The molecule has 1 heterocycles. The van der Waals surface area contributed by atoms with Gasteiger partial charge >= 0.3 is 5.97 Å². The second-order valence-electron chi connectivity index (χ2n) is 3.79. The van der Waals surface area contributed by atoms with E-state index in [4.69, 9.17) is 9.52 Å². The highest BCUT2D eigenvalue weighted by Gasteiger charge is 2.10. The van der Waals surface area contributed by atoms with Crippen LogP contribution in [-0.4, -0.2) is 16.1 Å². The van der Waals surface area contributed by atoms with Crippen LogP contribution in [0.2, 0.25) is 0 Å². The van der Waals surface area contributed by atoms with E-state index in [9.17, 15) is 4.79 Å². The molecule has 0 spiro atoms. The normalized spacial score (nSPS) is 10.2. The molecule has 0 aliphatic rings. The molecule has 2 N–H and O–H groups in total. The lowest BCUT2D eigenvalue weighted by Crippen LogP contribution is -1.98. The van der Waals surface area contributed by atoms with Crippen LogP contribution in [0.15, 0.2) is 28.9 Å². The van der Waals surface area contributed by atoms with Gasteiger partial charge in [-0.3, -0.25) is 0 Å². The van der Waals surface area contributed by atoms with Crippen molar-refractivity contribution in [2.45, 2.75) is 13.8 Å². The fourth-order valence-electron chi connectivity index (χ4n) is 1.50. The van der Waals surface area contributed by atoms with Crippen LogP contribution in [0.4, 0.5) is 11.7 Å². The molecule has 1 aromatic carbocycles. The Hall–Kier alpha value is -2.30. The van der Waals surface area contributed by atoms with Gasteiger partial charge in [0.25, 0.3) is 6.01 Å². The first-order chi connectivity index (χ1) is 8.06. The van der Waals surface area contributed by atoms with Gasteiger partial charge in [-0.2, -0.15) is 4.98 Å². The summed E-state index contributed by atoms with van der Waals surface area (Å²) in [7, 11) is 0. The fraction of sp³-hybridized carbons (Fsp3) is 0.167. The molecule has 0 saturated heterocycles. The van der Waals surface area contributed by atoms with E-state index in [1.54, 1.807) is 0 Å². The summed E-state index contributed by atoms with van der Waals surface area (Å²) in [5.74, 6) is -1.11. The third kappa shape index (κ3) is 2.44. The molecule has 0 aliphatic carbocycles. The number of carbonyl (C=O) groups is 1. The minimum Gasteiger partial charge on any atom is -0.476 e. The fourth-order valence-corrected chi connectivity index (χ4v) is 1.50. The van der Waals surface area contributed by atoms with Gasteiger partial charge in [-0.25, -0.2) is 4.79 Å². The molecule has 0 atom stereocenters. The van der Waals surface area contributed by atoms with Crippen LogP contribution in [0.3, 0.4) is 0 Å². The maximum absolute atomic E-state index is 10.6. The smallest absolute Gasteiger partial charge is 0.357 e. The Bertz CT molecular complexity index is 561. The number of nitrogens with zero attached hydrogens (tertiary/aromatic N) is 1. The molecule has 17 heavy (non-hydrogen) atoms. The molecular formula is C12H12N2O3. The molecule has 88 valence electrons. The Balaban J connectivity index is 2.22. The molecule has 0 fully saturated rings. The summed E-state index contributed by atoms with van der Waals surface area (Å²) in [4.78, 5) is 14.4. The van der Waals surface area contributed by atoms with E-state index >= 15 is 0 Å². The number of anilines is 2. The standard InChI is InChI=1S/C12H12N2O3/c1-7-3-4-9(8(2)5-7)13-12-14-10(6-17-12)11(15)16/h3-6H,1-2H3,(H,13,14)(H,15,16). The van der Waals surface area contributed by atoms with Gasteiger partial charge < -0.3 is 14.8 Å². The van der Waals surface area contributed by atoms with Crippen molar-refractivity contribution in [1.29, 1.82) is 0 Å². The number of rotatable bonds is 3. The predicted molar refractivity (Wildman–Crippen MR) is 62.7 cm³/mol. The van der Waals surface area contributed by atoms with Gasteiger partial charge in [0, 0.05) is 5.69 Å². The molecule has 2 rings (SSSR count).